The van der Waals surface area contributed by atoms with Crippen LogP contribution in [0.25, 0.3) is 0 Å². The first-order chi connectivity index (χ1) is 5.25. The van der Waals surface area contributed by atoms with Crippen LogP contribution in [0.3, 0.4) is 0 Å². The lowest BCUT2D eigenvalue weighted by molar-refractivity contribution is 0.563. The third-order valence-electron chi connectivity index (χ3n) is 1.67. The molecule has 2 nitrogen and oxygen atoms in total. The molecule has 0 heterocycles. The molecular weight excluding hydrogens is 162 g/mol. The average molecular weight is 170 g/mol. The van der Waals surface area contributed by atoms with Gasteiger partial charge in [0.1, 0.15) is 0 Å². The van der Waals surface area contributed by atoms with Crippen molar-refractivity contribution < 1.29 is 4.79 Å². The van der Waals surface area contributed by atoms with Gasteiger partial charge in [0.05, 0.1) is 5.70 Å². The molecule has 0 N–H and O–H groups in total. The van der Waals surface area contributed by atoms with Gasteiger partial charge in [-0.15, -0.1) is 0 Å². The van der Waals surface area contributed by atoms with Crippen LogP contribution in [-0.4, -0.2) is 6.08 Å². The minimum Gasteiger partial charge on any atom is -0.211 e. The zero-order valence-corrected chi connectivity index (χ0v) is 6.93. The van der Waals surface area contributed by atoms with Crippen molar-refractivity contribution in [3.05, 3.63) is 22.9 Å². The molecule has 1 rings (SSSR count). The lowest BCUT2D eigenvalue weighted by Crippen LogP contribution is -2.01. The van der Waals surface area contributed by atoms with Gasteiger partial charge in [0.15, 0.2) is 0 Å². The first-order valence-electron chi connectivity index (χ1n) is 3.39. The Bertz CT molecular complexity index is 261. The summed E-state index contributed by atoms with van der Waals surface area (Å²) >= 11 is 5.83. The summed E-state index contributed by atoms with van der Waals surface area (Å²) < 4.78 is 0. The predicted molar refractivity (Wildman–Crippen MR) is 43.9 cm³/mol. The highest BCUT2D eigenvalue weighted by molar-refractivity contribution is 6.30. The second kappa shape index (κ2) is 3.51. The van der Waals surface area contributed by atoms with Crippen LogP contribution in [0, 0.1) is 5.92 Å². The van der Waals surface area contributed by atoms with Crippen molar-refractivity contribution in [2.24, 2.45) is 10.9 Å². The number of aliphatic imine (C=N–C) groups is 1. The molecule has 11 heavy (non-hydrogen) atoms. The summed E-state index contributed by atoms with van der Waals surface area (Å²) in [5.41, 5.74) is 0.715. The highest BCUT2D eigenvalue weighted by atomic mass is 35.5. The van der Waals surface area contributed by atoms with Gasteiger partial charge in [-0.05, 0) is 6.42 Å². The maximum absolute atomic E-state index is 9.93. The number of hydrogen-bond donors (Lipinski definition) is 0. The van der Waals surface area contributed by atoms with Crippen molar-refractivity contribution >= 4 is 17.7 Å². The number of hydrogen-bond acceptors (Lipinski definition) is 2. The maximum atomic E-state index is 9.93. The molecule has 0 spiro atoms. The molecule has 0 aromatic rings. The fraction of sp³-hybridized carbons (Fsp3) is 0.375. The van der Waals surface area contributed by atoms with Gasteiger partial charge < -0.3 is 0 Å². The smallest absolute Gasteiger partial charge is 0.211 e. The fourth-order valence-electron chi connectivity index (χ4n) is 0.982. The SMILES string of the molecule is CC1C(Cl)=CCC=C1N=C=O. The molecular formula is C8H8ClNO. The van der Waals surface area contributed by atoms with Crippen molar-refractivity contribution in [1.82, 2.24) is 0 Å². The van der Waals surface area contributed by atoms with Crippen LogP contribution in [0.5, 0.6) is 0 Å². The second-order valence-electron chi connectivity index (χ2n) is 2.38. The van der Waals surface area contributed by atoms with E-state index in [1.807, 2.05) is 19.1 Å². The Labute approximate surface area is 70.3 Å². The van der Waals surface area contributed by atoms with Gasteiger partial charge >= 0.3 is 0 Å². The number of allylic oxidation sites excluding steroid dienone is 3. The van der Waals surface area contributed by atoms with E-state index in [0.717, 1.165) is 11.5 Å². The van der Waals surface area contributed by atoms with Crippen molar-refractivity contribution in [2.75, 3.05) is 0 Å². The van der Waals surface area contributed by atoms with Crippen LogP contribution < -0.4 is 0 Å². The lowest BCUT2D eigenvalue weighted by Gasteiger charge is -2.13. The minimum atomic E-state index is 0.0480. The van der Waals surface area contributed by atoms with Crippen molar-refractivity contribution in [1.29, 1.82) is 0 Å². The monoisotopic (exact) mass is 169 g/mol. The molecule has 1 aliphatic rings. The van der Waals surface area contributed by atoms with Crippen LogP contribution in [0.2, 0.25) is 0 Å². The fourth-order valence-corrected chi connectivity index (χ4v) is 1.18. The molecule has 0 aromatic heterocycles. The molecule has 0 saturated carbocycles. The quantitative estimate of drug-likeness (QED) is 0.438. The summed E-state index contributed by atoms with van der Waals surface area (Å²) in [6.45, 7) is 1.91. The summed E-state index contributed by atoms with van der Waals surface area (Å²) in [6, 6.07) is 0. The van der Waals surface area contributed by atoms with Crippen molar-refractivity contribution in [2.45, 2.75) is 13.3 Å². The Balaban J connectivity index is 2.83. The standard InChI is InChI=1S/C8H8ClNO/c1-6-7(9)3-2-4-8(6)10-5-11/h3-4,6H,2H2,1H3. The molecule has 3 heteroatoms. The predicted octanol–water partition coefficient (Wildman–Crippen LogP) is 2.37. The number of isocyanates is 1. The molecule has 0 aromatic carbocycles. The Morgan fingerprint density at radius 3 is 3.09 bits per heavy atom. The van der Waals surface area contributed by atoms with E-state index in [2.05, 4.69) is 4.99 Å². The minimum absolute atomic E-state index is 0.0480. The average Bonchev–Trinajstić information content (AvgIpc) is 1.99. The molecule has 58 valence electrons. The van der Waals surface area contributed by atoms with Crippen LogP contribution in [-0.2, 0) is 4.79 Å². The molecule has 0 saturated heterocycles. The van der Waals surface area contributed by atoms with E-state index in [-0.39, 0.29) is 5.92 Å². The molecule has 0 aliphatic heterocycles. The normalized spacial score (nSPS) is 23.3. The largest absolute Gasteiger partial charge is 0.240 e. The van der Waals surface area contributed by atoms with E-state index < -0.39 is 0 Å². The van der Waals surface area contributed by atoms with E-state index >= 15 is 0 Å². The van der Waals surface area contributed by atoms with E-state index in [1.54, 1.807) is 0 Å². The molecule has 0 fully saturated rings. The summed E-state index contributed by atoms with van der Waals surface area (Å²) in [5.74, 6) is 0.0480. The van der Waals surface area contributed by atoms with Crippen LogP contribution in [0.15, 0.2) is 27.9 Å². The highest BCUT2D eigenvalue weighted by Gasteiger charge is 2.14. The second-order valence-corrected chi connectivity index (χ2v) is 2.81. The number of rotatable bonds is 1. The van der Waals surface area contributed by atoms with Gasteiger partial charge in [-0.2, -0.15) is 4.99 Å². The molecule has 0 bridgehead atoms. The van der Waals surface area contributed by atoms with Gasteiger partial charge in [0, 0.05) is 11.0 Å². The Morgan fingerprint density at radius 1 is 1.73 bits per heavy atom. The third kappa shape index (κ3) is 1.79. The molecule has 1 unspecified atom stereocenters. The summed E-state index contributed by atoms with van der Waals surface area (Å²) in [4.78, 5) is 13.5. The Hall–Kier alpha value is -0.850. The van der Waals surface area contributed by atoms with E-state index in [0.29, 0.717) is 5.70 Å². The van der Waals surface area contributed by atoms with Gasteiger partial charge in [0.25, 0.3) is 0 Å². The molecule has 0 radical (unpaired) electrons. The van der Waals surface area contributed by atoms with Crippen molar-refractivity contribution in [3.63, 3.8) is 0 Å². The number of carbonyl (C=O) groups excluding carboxylic acids is 1. The Morgan fingerprint density at radius 2 is 2.45 bits per heavy atom. The van der Waals surface area contributed by atoms with Gasteiger partial charge in [-0.1, -0.05) is 30.7 Å². The first kappa shape index (κ1) is 8.25. The number of nitrogens with zero attached hydrogens (tertiary/aromatic N) is 1. The molecule has 1 aliphatic carbocycles. The zero-order chi connectivity index (χ0) is 8.27. The zero-order valence-electron chi connectivity index (χ0n) is 6.17. The first-order valence-corrected chi connectivity index (χ1v) is 3.77. The third-order valence-corrected chi connectivity index (χ3v) is 2.15. The van der Waals surface area contributed by atoms with Crippen LogP contribution >= 0.6 is 11.6 Å². The van der Waals surface area contributed by atoms with Crippen molar-refractivity contribution in [3.8, 4) is 0 Å². The summed E-state index contributed by atoms with van der Waals surface area (Å²) in [7, 11) is 0. The molecule has 1 atom stereocenters. The lowest BCUT2D eigenvalue weighted by atomic mass is 10.0. The Kier molecular flexibility index (Phi) is 2.64. The molecule has 0 amide bonds. The summed E-state index contributed by atoms with van der Waals surface area (Å²) in [5, 5.41) is 0.751. The van der Waals surface area contributed by atoms with Gasteiger partial charge in [-0.25, -0.2) is 4.79 Å². The van der Waals surface area contributed by atoms with E-state index in [4.69, 9.17) is 11.6 Å². The van der Waals surface area contributed by atoms with Gasteiger partial charge in [0.2, 0.25) is 6.08 Å². The van der Waals surface area contributed by atoms with E-state index in [1.165, 1.54) is 6.08 Å². The van der Waals surface area contributed by atoms with Crippen LogP contribution in [0.1, 0.15) is 13.3 Å². The topological polar surface area (TPSA) is 29.4 Å². The van der Waals surface area contributed by atoms with Crippen LogP contribution in [0.4, 0.5) is 0 Å². The number of halogens is 1. The highest BCUT2D eigenvalue weighted by Crippen LogP contribution is 2.28. The maximum Gasteiger partial charge on any atom is 0.240 e. The summed E-state index contributed by atoms with van der Waals surface area (Å²) in [6.07, 6.45) is 6.05. The van der Waals surface area contributed by atoms with E-state index in [9.17, 15) is 4.79 Å². The van der Waals surface area contributed by atoms with Gasteiger partial charge in [-0.3, -0.25) is 0 Å².